The summed E-state index contributed by atoms with van der Waals surface area (Å²) in [4.78, 5) is 5.23. The summed E-state index contributed by atoms with van der Waals surface area (Å²) in [5.41, 5.74) is 1.18. The number of halogens is 3. The maximum Gasteiger partial charge on any atom is 0.416 e. The molecule has 0 bridgehead atoms. The molecule has 2 aromatic rings. The molecule has 136 valence electrons. The van der Waals surface area contributed by atoms with Crippen molar-refractivity contribution in [3.05, 3.63) is 76.3 Å². The summed E-state index contributed by atoms with van der Waals surface area (Å²) < 4.78 is 43.8. The molecule has 0 saturated carbocycles. The van der Waals surface area contributed by atoms with Crippen LogP contribution in [0, 0.1) is 0 Å². The maximum absolute atomic E-state index is 12.7. The predicted molar refractivity (Wildman–Crippen MR) is 96.5 cm³/mol. The van der Waals surface area contributed by atoms with Crippen molar-refractivity contribution in [1.29, 1.82) is 0 Å². The summed E-state index contributed by atoms with van der Waals surface area (Å²) in [7, 11) is 0. The lowest BCUT2D eigenvalue weighted by Crippen LogP contribution is -2.15. The van der Waals surface area contributed by atoms with Gasteiger partial charge >= 0.3 is 6.18 Å². The van der Waals surface area contributed by atoms with Gasteiger partial charge in [0.15, 0.2) is 0 Å². The third kappa shape index (κ3) is 4.47. The molecule has 0 aliphatic carbocycles. The number of benzene rings is 2. The molecular formula is C19H16F3NO2S. The molecule has 0 amide bonds. The Labute approximate surface area is 153 Å². The fraction of sp³-hybridized carbons (Fsp3) is 0.211. The molecule has 1 aliphatic rings. The molecule has 0 saturated heterocycles. The Balaban J connectivity index is 1.80. The smallest absolute Gasteiger partial charge is 0.416 e. The number of hydrogen-bond acceptors (Lipinski definition) is 4. The first kappa shape index (κ1) is 18.5. The highest BCUT2D eigenvalue weighted by molar-refractivity contribution is 8.03. The van der Waals surface area contributed by atoms with Crippen molar-refractivity contribution in [2.45, 2.75) is 6.18 Å². The van der Waals surface area contributed by atoms with Gasteiger partial charge in [-0.1, -0.05) is 30.3 Å². The number of aliphatic hydroxyl groups is 1. The first-order valence-corrected chi connectivity index (χ1v) is 8.84. The largest absolute Gasteiger partial charge is 0.487 e. The van der Waals surface area contributed by atoms with Crippen molar-refractivity contribution < 1.29 is 23.0 Å². The molecule has 2 aromatic carbocycles. The highest BCUT2D eigenvalue weighted by Gasteiger charge is 2.30. The summed E-state index contributed by atoms with van der Waals surface area (Å²) in [5.74, 6) is 1.16. The van der Waals surface area contributed by atoms with E-state index in [1.165, 1.54) is 23.9 Å². The van der Waals surface area contributed by atoms with Gasteiger partial charge in [0.25, 0.3) is 0 Å². The summed E-state index contributed by atoms with van der Waals surface area (Å²) in [6, 6.07) is 14.1. The molecule has 0 fully saturated rings. The zero-order valence-corrected chi connectivity index (χ0v) is 14.5. The minimum atomic E-state index is -4.36. The van der Waals surface area contributed by atoms with Crippen molar-refractivity contribution in [1.82, 2.24) is 0 Å². The fourth-order valence-corrected chi connectivity index (χ4v) is 3.32. The number of aliphatic hydroxyl groups excluding tert-OH is 1. The molecule has 0 radical (unpaired) electrons. The molecule has 1 heterocycles. The number of para-hydroxylation sites is 1. The number of alkyl halides is 3. The quantitative estimate of drug-likeness (QED) is 0.830. The number of ether oxygens (including phenoxy) is 1. The number of nitrogens with zero attached hydrogens (tertiary/aromatic N) is 1. The van der Waals surface area contributed by atoms with Gasteiger partial charge in [-0.2, -0.15) is 13.2 Å². The second kappa shape index (κ2) is 7.97. The van der Waals surface area contributed by atoms with Gasteiger partial charge in [-0.05, 0) is 29.8 Å². The topological polar surface area (TPSA) is 41.8 Å². The van der Waals surface area contributed by atoms with Crippen molar-refractivity contribution in [2.24, 2.45) is 4.99 Å². The Hall–Kier alpha value is -2.25. The van der Waals surface area contributed by atoms with E-state index in [2.05, 4.69) is 4.99 Å². The Kier molecular flexibility index (Phi) is 5.68. The first-order chi connectivity index (χ1) is 12.5. The van der Waals surface area contributed by atoms with Crippen LogP contribution >= 0.6 is 11.8 Å². The van der Waals surface area contributed by atoms with Gasteiger partial charge in [0.1, 0.15) is 12.4 Å². The van der Waals surface area contributed by atoms with Crippen molar-refractivity contribution in [3.63, 3.8) is 0 Å². The van der Waals surface area contributed by atoms with Crippen LogP contribution in [0.4, 0.5) is 13.2 Å². The van der Waals surface area contributed by atoms with Gasteiger partial charge in [-0.15, -0.1) is 11.8 Å². The van der Waals surface area contributed by atoms with Crippen molar-refractivity contribution in [3.8, 4) is 5.75 Å². The minimum Gasteiger partial charge on any atom is -0.487 e. The van der Waals surface area contributed by atoms with E-state index in [9.17, 15) is 18.3 Å². The van der Waals surface area contributed by atoms with Crippen LogP contribution in [-0.4, -0.2) is 29.8 Å². The predicted octanol–water partition coefficient (Wildman–Crippen LogP) is 4.52. The van der Waals surface area contributed by atoms with Crippen molar-refractivity contribution >= 4 is 17.5 Å². The van der Waals surface area contributed by atoms with Crippen LogP contribution in [0.1, 0.15) is 11.1 Å². The van der Waals surface area contributed by atoms with E-state index in [0.29, 0.717) is 33.4 Å². The highest BCUT2D eigenvalue weighted by Crippen LogP contribution is 2.31. The zero-order valence-electron chi connectivity index (χ0n) is 13.7. The average Bonchev–Trinajstić information content (AvgIpc) is 2.66. The molecule has 0 atom stereocenters. The average molecular weight is 379 g/mol. The second-order valence-electron chi connectivity index (χ2n) is 5.55. The summed E-state index contributed by atoms with van der Waals surface area (Å²) in [6.07, 6.45) is -4.36. The van der Waals surface area contributed by atoms with E-state index in [-0.39, 0.29) is 13.2 Å². The van der Waals surface area contributed by atoms with Crippen LogP contribution in [0.3, 0.4) is 0 Å². The Bertz CT molecular complexity index is 815. The summed E-state index contributed by atoms with van der Waals surface area (Å²) in [5, 5.41) is 9.51. The second-order valence-corrected chi connectivity index (χ2v) is 6.62. The monoisotopic (exact) mass is 379 g/mol. The maximum atomic E-state index is 12.7. The third-order valence-electron chi connectivity index (χ3n) is 3.78. The number of thioether (sulfide) groups is 1. The van der Waals surface area contributed by atoms with Gasteiger partial charge in [0.2, 0.25) is 0 Å². The van der Waals surface area contributed by atoms with E-state index >= 15 is 0 Å². The van der Waals surface area contributed by atoms with E-state index < -0.39 is 11.7 Å². The SMILES string of the molecule is OCC1=C(COc2ccccc2)N=C(c2ccc(C(F)(F)F)cc2)CS1. The number of rotatable bonds is 5. The molecular weight excluding hydrogens is 363 g/mol. The lowest BCUT2D eigenvalue weighted by atomic mass is 10.1. The van der Waals surface area contributed by atoms with E-state index in [1.54, 1.807) is 0 Å². The molecule has 3 nitrogen and oxygen atoms in total. The summed E-state index contributed by atoms with van der Waals surface area (Å²) in [6.45, 7) is 0.0268. The standard InChI is InChI=1S/C19H16F3NO2S/c20-19(21,22)14-8-6-13(7-9-14)17-12-26-18(10-24)16(23-17)11-25-15-4-2-1-3-5-15/h1-9,24H,10-12H2. The lowest BCUT2D eigenvalue weighted by molar-refractivity contribution is -0.137. The van der Waals surface area contributed by atoms with E-state index in [4.69, 9.17) is 4.74 Å². The van der Waals surface area contributed by atoms with Gasteiger partial charge < -0.3 is 9.84 Å². The molecule has 0 spiro atoms. The van der Waals surface area contributed by atoms with Crippen LogP contribution in [0.15, 0.2) is 70.2 Å². The Morgan fingerprint density at radius 1 is 1.04 bits per heavy atom. The molecule has 3 rings (SSSR count). The number of hydrogen-bond donors (Lipinski definition) is 1. The van der Waals surface area contributed by atoms with Crippen molar-refractivity contribution in [2.75, 3.05) is 19.0 Å². The van der Waals surface area contributed by atoms with Gasteiger partial charge in [-0.3, -0.25) is 4.99 Å². The molecule has 7 heteroatoms. The minimum absolute atomic E-state index is 0.151. The first-order valence-electron chi connectivity index (χ1n) is 7.86. The van der Waals surface area contributed by atoms with Crippen LogP contribution in [0.2, 0.25) is 0 Å². The molecule has 0 unspecified atom stereocenters. The van der Waals surface area contributed by atoms with Crippen LogP contribution in [-0.2, 0) is 6.18 Å². The van der Waals surface area contributed by atoms with E-state index in [1.807, 2.05) is 30.3 Å². The van der Waals surface area contributed by atoms with Crippen LogP contribution in [0.5, 0.6) is 5.75 Å². The van der Waals surface area contributed by atoms with E-state index in [0.717, 1.165) is 12.1 Å². The summed E-state index contributed by atoms with van der Waals surface area (Å²) >= 11 is 1.42. The fourth-order valence-electron chi connectivity index (χ4n) is 2.41. The van der Waals surface area contributed by atoms with Gasteiger partial charge in [-0.25, -0.2) is 0 Å². The third-order valence-corrected chi connectivity index (χ3v) is 4.91. The zero-order chi connectivity index (χ0) is 18.6. The molecule has 26 heavy (non-hydrogen) atoms. The van der Waals surface area contributed by atoms with Crippen LogP contribution < -0.4 is 4.74 Å². The molecule has 1 aliphatic heterocycles. The Morgan fingerprint density at radius 3 is 2.35 bits per heavy atom. The highest BCUT2D eigenvalue weighted by atomic mass is 32.2. The Morgan fingerprint density at radius 2 is 1.73 bits per heavy atom. The molecule has 0 aromatic heterocycles. The molecule has 1 N–H and O–H groups in total. The van der Waals surface area contributed by atoms with Gasteiger partial charge in [0.05, 0.1) is 23.6 Å². The number of aliphatic imine (C=N–C) groups is 1. The normalized spacial score (nSPS) is 15.0. The van der Waals surface area contributed by atoms with Crippen LogP contribution in [0.25, 0.3) is 0 Å². The van der Waals surface area contributed by atoms with Gasteiger partial charge in [0, 0.05) is 10.7 Å². The lowest BCUT2D eigenvalue weighted by Gasteiger charge is -2.19.